The Bertz CT molecular complexity index is 775. The van der Waals surface area contributed by atoms with E-state index in [1.54, 1.807) is 4.90 Å². The zero-order valence-electron chi connectivity index (χ0n) is 15.4. The summed E-state index contributed by atoms with van der Waals surface area (Å²) >= 11 is 0. The van der Waals surface area contributed by atoms with Crippen LogP contribution in [0, 0.1) is 11.6 Å². The maximum Gasteiger partial charge on any atom is 0.249 e. The number of piperidine rings is 1. The van der Waals surface area contributed by atoms with Gasteiger partial charge in [-0.05, 0) is 38.4 Å². The highest BCUT2D eigenvalue weighted by Gasteiger charge is 2.34. The minimum Gasteiger partial charge on any atom is -0.339 e. The van der Waals surface area contributed by atoms with Gasteiger partial charge in [-0.2, -0.15) is 4.31 Å². The first-order valence-corrected chi connectivity index (χ1v) is 10.7. The second-order valence-corrected chi connectivity index (χ2v) is 9.03. The first-order chi connectivity index (χ1) is 12.8. The molecule has 0 unspecified atom stereocenters. The molecule has 1 atom stereocenters. The molecule has 1 aromatic carbocycles. The first kappa shape index (κ1) is 20.2. The van der Waals surface area contributed by atoms with Crippen LogP contribution in [-0.4, -0.2) is 73.7 Å². The van der Waals surface area contributed by atoms with Gasteiger partial charge >= 0.3 is 0 Å². The SMILES string of the molecule is C[C@H]1CCCCN1CC(=O)N1CCN(S(=O)(=O)c2c(F)cccc2F)CC1. The van der Waals surface area contributed by atoms with Gasteiger partial charge in [0.2, 0.25) is 15.9 Å². The second kappa shape index (κ2) is 8.20. The molecule has 6 nitrogen and oxygen atoms in total. The molecule has 2 aliphatic rings. The summed E-state index contributed by atoms with van der Waals surface area (Å²) in [6.07, 6.45) is 3.33. The van der Waals surface area contributed by atoms with E-state index in [-0.39, 0.29) is 32.1 Å². The molecule has 0 spiro atoms. The topological polar surface area (TPSA) is 60.9 Å². The van der Waals surface area contributed by atoms with Crippen LogP contribution in [0.25, 0.3) is 0 Å². The third kappa shape index (κ3) is 4.30. The molecule has 150 valence electrons. The molecule has 2 aliphatic heterocycles. The summed E-state index contributed by atoms with van der Waals surface area (Å²) < 4.78 is 54.0. The monoisotopic (exact) mass is 401 g/mol. The van der Waals surface area contributed by atoms with Gasteiger partial charge in [0.1, 0.15) is 11.6 Å². The fraction of sp³-hybridized carbons (Fsp3) is 0.611. The van der Waals surface area contributed by atoms with Crippen molar-refractivity contribution in [3.05, 3.63) is 29.8 Å². The van der Waals surface area contributed by atoms with E-state index in [2.05, 4.69) is 11.8 Å². The van der Waals surface area contributed by atoms with E-state index in [1.807, 2.05) is 0 Å². The Morgan fingerprint density at radius 2 is 1.70 bits per heavy atom. The molecule has 2 heterocycles. The maximum atomic E-state index is 13.9. The van der Waals surface area contributed by atoms with Crippen molar-refractivity contribution in [3.63, 3.8) is 0 Å². The number of hydrogen-bond donors (Lipinski definition) is 0. The van der Waals surface area contributed by atoms with Crippen molar-refractivity contribution in [1.29, 1.82) is 0 Å². The van der Waals surface area contributed by atoms with Gasteiger partial charge in [-0.25, -0.2) is 17.2 Å². The summed E-state index contributed by atoms with van der Waals surface area (Å²) in [7, 11) is -4.27. The van der Waals surface area contributed by atoms with Crippen LogP contribution in [0.3, 0.4) is 0 Å². The molecule has 0 saturated carbocycles. The molecule has 0 radical (unpaired) electrons. The molecule has 0 aromatic heterocycles. The fourth-order valence-electron chi connectivity index (χ4n) is 3.70. The Morgan fingerprint density at radius 3 is 2.30 bits per heavy atom. The van der Waals surface area contributed by atoms with Crippen LogP contribution in [0.1, 0.15) is 26.2 Å². The summed E-state index contributed by atoms with van der Waals surface area (Å²) in [6.45, 7) is 3.82. The Hall–Kier alpha value is -1.58. The standard InChI is InChI=1S/C18H25F2N3O3S/c1-14-5-2-3-8-22(14)13-17(24)21-9-11-23(12-10-21)27(25,26)18-15(19)6-4-7-16(18)20/h4,6-7,14H,2-3,5,8-13H2,1H3/t14-/m0/s1. The number of carbonyl (C=O) groups is 1. The maximum absolute atomic E-state index is 13.9. The van der Waals surface area contributed by atoms with E-state index in [4.69, 9.17) is 0 Å². The van der Waals surface area contributed by atoms with Crippen molar-refractivity contribution >= 4 is 15.9 Å². The average molecular weight is 401 g/mol. The Morgan fingerprint density at radius 1 is 1.07 bits per heavy atom. The van der Waals surface area contributed by atoms with E-state index in [1.165, 1.54) is 6.42 Å². The number of sulfonamides is 1. The van der Waals surface area contributed by atoms with Crippen molar-refractivity contribution in [2.24, 2.45) is 0 Å². The number of likely N-dealkylation sites (tertiary alicyclic amines) is 1. The number of piperazine rings is 1. The van der Waals surface area contributed by atoms with Gasteiger partial charge in [-0.1, -0.05) is 12.5 Å². The highest BCUT2D eigenvalue weighted by molar-refractivity contribution is 7.89. The smallest absolute Gasteiger partial charge is 0.249 e. The zero-order valence-corrected chi connectivity index (χ0v) is 16.2. The Labute approximate surface area is 158 Å². The number of rotatable bonds is 4. The van der Waals surface area contributed by atoms with Crippen molar-refractivity contribution in [2.75, 3.05) is 39.3 Å². The lowest BCUT2D eigenvalue weighted by Crippen LogP contribution is -2.53. The lowest BCUT2D eigenvalue weighted by molar-refractivity contribution is -0.134. The van der Waals surface area contributed by atoms with Crippen LogP contribution >= 0.6 is 0 Å². The van der Waals surface area contributed by atoms with Gasteiger partial charge < -0.3 is 4.90 Å². The lowest BCUT2D eigenvalue weighted by atomic mass is 10.0. The van der Waals surface area contributed by atoms with E-state index in [9.17, 15) is 22.0 Å². The summed E-state index contributed by atoms with van der Waals surface area (Å²) in [5, 5.41) is 0. The van der Waals surface area contributed by atoms with Crippen LogP contribution in [0.2, 0.25) is 0 Å². The lowest BCUT2D eigenvalue weighted by Gasteiger charge is -2.37. The van der Waals surface area contributed by atoms with Crippen molar-refractivity contribution in [1.82, 2.24) is 14.1 Å². The summed E-state index contributed by atoms with van der Waals surface area (Å²) in [5.74, 6) is -2.24. The molecular weight excluding hydrogens is 376 g/mol. The zero-order chi connectivity index (χ0) is 19.6. The predicted octanol–water partition coefficient (Wildman–Crippen LogP) is 1.67. The summed E-state index contributed by atoms with van der Waals surface area (Å²) in [4.78, 5) is 15.4. The molecule has 1 aromatic rings. The molecule has 1 amide bonds. The minimum atomic E-state index is -4.27. The normalized spacial score (nSPS) is 22.8. The van der Waals surface area contributed by atoms with Gasteiger partial charge in [0.15, 0.2) is 4.90 Å². The highest BCUT2D eigenvalue weighted by Crippen LogP contribution is 2.24. The molecule has 0 N–H and O–H groups in total. The predicted molar refractivity (Wildman–Crippen MR) is 96.6 cm³/mol. The van der Waals surface area contributed by atoms with Gasteiger partial charge in [-0.3, -0.25) is 9.69 Å². The Balaban J connectivity index is 1.62. The molecule has 0 bridgehead atoms. The van der Waals surface area contributed by atoms with Crippen LogP contribution in [-0.2, 0) is 14.8 Å². The van der Waals surface area contributed by atoms with Gasteiger partial charge in [0.05, 0.1) is 6.54 Å². The first-order valence-electron chi connectivity index (χ1n) is 9.26. The van der Waals surface area contributed by atoms with E-state index >= 15 is 0 Å². The number of halogens is 2. The van der Waals surface area contributed by atoms with Crippen molar-refractivity contribution in [3.8, 4) is 0 Å². The molecule has 0 aliphatic carbocycles. The number of amides is 1. The molecule has 3 rings (SSSR count). The fourth-order valence-corrected chi connectivity index (χ4v) is 5.23. The third-order valence-corrected chi connectivity index (χ3v) is 7.34. The molecular formula is C18H25F2N3O3S. The van der Waals surface area contributed by atoms with Gasteiger partial charge in [0.25, 0.3) is 0 Å². The largest absolute Gasteiger partial charge is 0.339 e. The quantitative estimate of drug-likeness (QED) is 0.770. The van der Waals surface area contributed by atoms with Crippen LogP contribution in [0.5, 0.6) is 0 Å². The average Bonchev–Trinajstić information content (AvgIpc) is 2.63. The van der Waals surface area contributed by atoms with Crippen LogP contribution in [0.4, 0.5) is 8.78 Å². The van der Waals surface area contributed by atoms with Gasteiger partial charge in [-0.15, -0.1) is 0 Å². The molecule has 2 fully saturated rings. The molecule has 2 saturated heterocycles. The Kier molecular flexibility index (Phi) is 6.12. The third-order valence-electron chi connectivity index (χ3n) is 5.39. The van der Waals surface area contributed by atoms with Gasteiger partial charge in [0, 0.05) is 32.2 Å². The number of nitrogens with zero attached hydrogens (tertiary/aromatic N) is 3. The van der Waals surface area contributed by atoms with E-state index in [0.29, 0.717) is 12.6 Å². The van der Waals surface area contributed by atoms with Crippen molar-refractivity contribution in [2.45, 2.75) is 37.1 Å². The van der Waals surface area contributed by atoms with E-state index < -0.39 is 26.6 Å². The van der Waals surface area contributed by atoms with E-state index in [0.717, 1.165) is 41.9 Å². The highest BCUT2D eigenvalue weighted by atomic mass is 32.2. The number of benzene rings is 1. The van der Waals surface area contributed by atoms with Crippen LogP contribution in [0.15, 0.2) is 23.1 Å². The second-order valence-electron chi connectivity index (χ2n) is 7.15. The summed E-state index contributed by atoms with van der Waals surface area (Å²) in [6, 6.07) is 3.35. The van der Waals surface area contributed by atoms with Crippen molar-refractivity contribution < 1.29 is 22.0 Å². The summed E-state index contributed by atoms with van der Waals surface area (Å²) in [5.41, 5.74) is 0. The molecule has 9 heteroatoms. The number of carbonyl (C=O) groups excluding carboxylic acids is 1. The number of hydrogen-bond acceptors (Lipinski definition) is 4. The molecule has 27 heavy (non-hydrogen) atoms. The van der Waals surface area contributed by atoms with Crippen LogP contribution < -0.4 is 0 Å². The minimum absolute atomic E-state index is 0.0252.